The molecule has 6 heteroatoms. The molecule has 0 saturated carbocycles. The van der Waals surface area contributed by atoms with Crippen LogP contribution in [0.25, 0.3) is 0 Å². The molecule has 3 rings (SSSR count). The molecular formula is C17H15FN2O3. The molecule has 1 heterocycles. The van der Waals surface area contributed by atoms with Crippen LogP contribution in [0, 0.1) is 5.82 Å². The number of anilines is 1. The van der Waals surface area contributed by atoms with Crippen molar-refractivity contribution in [2.45, 2.75) is 6.10 Å². The zero-order chi connectivity index (χ0) is 16.4. The van der Waals surface area contributed by atoms with Crippen LogP contribution in [0.15, 0.2) is 48.5 Å². The van der Waals surface area contributed by atoms with Gasteiger partial charge in [-0.2, -0.15) is 0 Å². The standard InChI is InChI=1S/C17H15FN2O3/c1-19-16(21)15-10-20(13-8-4-5-9-14(13)23-15)17(22)11-6-2-3-7-12(11)18/h2-9,15H,10H2,1H3,(H,19,21)/t15-/m0/s1. The number of likely N-dealkylation sites (N-methyl/N-ethyl adjacent to an activating group) is 1. The molecule has 1 atom stereocenters. The van der Waals surface area contributed by atoms with Crippen LogP contribution in [0.1, 0.15) is 10.4 Å². The van der Waals surface area contributed by atoms with Gasteiger partial charge in [-0.1, -0.05) is 24.3 Å². The second-order valence-corrected chi connectivity index (χ2v) is 5.08. The molecule has 5 nitrogen and oxygen atoms in total. The minimum atomic E-state index is -0.842. The monoisotopic (exact) mass is 314 g/mol. The van der Waals surface area contributed by atoms with Crippen molar-refractivity contribution in [3.63, 3.8) is 0 Å². The van der Waals surface area contributed by atoms with Crippen LogP contribution >= 0.6 is 0 Å². The molecule has 0 spiro atoms. The third-order valence-electron chi connectivity index (χ3n) is 3.66. The molecule has 0 unspecified atom stereocenters. The van der Waals surface area contributed by atoms with Crippen LogP contribution in [0.2, 0.25) is 0 Å². The Labute approximate surface area is 132 Å². The van der Waals surface area contributed by atoms with Crippen LogP contribution in [0.3, 0.4) is 0 Å². The molecule has 23 heavy (non-hydrogen) atoms. The zero-order valence-electron chi connectivity index (χ0n) is 12.5. The van der Waals surface area contributed by atoms with Gasteiger partial charge in [0.1, 0.15) is 11.6 Å². The molecule has 2 aromatic rings. The number of hydrogen-bond donors (Lipinski definition) is 1. The Kier molecular flexibility index (Phi) is 3.97. The highest BCUT2D eigenvalue weighted by atomic mass is 19.1. The summed E-state index contributed by atoms with van der Waals surface area (Å²) in [5.41, 5.74) is 0.473. The lowest BCUT2D eigenvalue weighted by Crippen LogP contribution is -2.50. The highest BCUT2D eigenvalue weighted by Crippen LogP contribution is 2.34. The lowest BCUT2D eigenvalue weighted by molar-refractivity contribution is -0.127. The number of halogens is 1. The first-order chi connectivity index (χ1) is 11.1. The molecular weight excluding hydrogens is 299 g/mol. The molecule has 1 N–H and O–H groups in total. The van der Waals surface area contributed by atoms with Crippen molar-refractivity contribution in [3.05, 3.63) is 59.9 Å². The van der Waals surface area contributed by atoms with E-state index in [-0.39, 0.29) is 18.0 Å². The summed E-state index contributed by atoms with van der Waals surface area (Å²) < 4.78 is 19.6. The summed E-state index contributed by atoms with van der Waals surface area (Å²) in [5.74, 6) is -1.03. The first-order valence-corrected chi connectivity index (χ1v) is 7.15. The molecule has 0 saturated heterocycles. The minimum Gasteiger partial charge on any atom is -0.477 e. The fourth-order valence-corrected chi connectivity index (χ4v) is 2.50. The maximum atomic E-state index is 13.9. The molecule has 0 radical (unpaired) electrons. The molecule has 118 valence electrons. The van der Waals surface area contributed by atoms with Crippen molar-refractivity contribution in [1.29, 1.82) is 0 Å². The van der Waals surface area contributed by atoms with E-state index in [1.54, 1.807) is 30.3 Å². The van der Waals surface area contributed by atoms with Gasteiger partial charge >= 0.3 is 0 Å². The number of carbonyl (C=O) groups is 2. The highest BCUT2D eigenvalue weighted by Gasteiger charge is 2.34. The number of ether oxygens (including phenoxy) is 1. The van der Waals surface area contributed by atoms with Crippen LogP contribution < -0.4 is 15.0 Å². The lowest BCUT2D eigenvalue weighted by atomic mass is 10.1. The number of carbonyl (C=O) groups excluding carboxylic acids is 2. The van der Waals surface area contributed by atoms with E-state index in [1.807, 2.05) is 0 Å². The summed E-state index contributed by atoms with van der Waals surface area (Å²) in [6, 6.07) is 12.6. The summed E-state index contributed by atoms with van der Waals surface area (Å²) in [6.07, 6.45) is -0.842. The summed E-state index contributed by atoms with van der Waals surface area (Å²) in [6.45, 7) is 0.0177. The number of hydrogen-bond acceptors (Lipinski definition) is 3. The summed E-state index contributed by atoms with van der Waals surface area (Å²) in [7, 11) is 1.50. The van der Waals surface area contributed by atoms with Gasteiger partial charge in [0, 0.05) is 7.05 Å². The minimum absolute atomic E-state index is 0.0177. The summed E-state index contributed by atoms with van der Waals surface area (Å²) in [5, 5.41) is 2.50. The molecule has 1 aliphatic heterocycles. The number of para-hydroxylation sites is 2. The van der Waals surface area contributed by atoms with Gasteiger partial charge in [0.05, 0.1) is 17.8 Å². The van der Waals surface area contributed by atoms with Gasteiger partial charge in [0.2, 0.25) is 0 Å². The fourth-order valence-electron chi connectivity index (χ4n) is 2.50. The van der Waals surface area contributed by atoms with Crippen LogP contribution in [-0.2, 0) is 4.79 Å². The summed E-state index contributed by atoms with van der Waals surface area (Å²) >= 11 is 0. The Morgan fingerprint density at radius 2 is 1.87 bits per heavy atom. The van der Waals surface area contributed by atoms with Crippen molar-refractivity contribution in [3.8, 4) is 5.75 Å². The zero-order valence-corrected chi connectivity index (χ0v) is 12.5. The Balaban J connectivity index is 2.01. The SMILES string of the molecule is CNC(=O)[C@@H]1CN(C(=O)c2ccccc2F)c2ccccc2O1. The fraction of sp³-hybridized carbons (Fsp3) is 0.176. The summed E-state index contributed by atoms with van der Waals surface area (Å²) in [4.78, 5) is 26.0. The number of nitrogens with one attached hydrogen (secondary N) is 1. The average molecular weight is 314 g/mol. The molecule has 0 fully saturated rings. The van der Waals surface area contributed by atoms with E-state index in [1.165, 1.54) is 30.1 Å². The first kappa shape index (κ1) is 15.0. The Hall–Kier alpha value is -2.89. The lowest BCUT2D eigenvalue weighted by Gasteiger charge is -2.34. The van der Waals surface area contributed by atoms with E-state index in [9.17, 15) is 14.0 Å². The molecule has 2 amide bonds. The highest BCUT2D eigenvalue weighted by molar-refractivity contribution is 6.08. The van der Waals surface area contributed by atoms with Gasteiger partial charge in [0.15, 0.2) is 6.10 Å². The smallest absolute Gasteiger partial charge is 0.262 e. The van der Waals surface area contributed by atoms with Gasteiger partial charge in [0.25, 0.3) is 11.8 Å². The third kappa shape index (κ3) is 2.75. The Morgan fingerprint density at radius 1 is 1.17 bits per heavy atom. The normalized spacial score (nSPS) is 16.3. The van der Waals surface area contributed by atoms with E-state index < -0.39 is 17.8 Å². The Morgan fingerprint density at radius 3 is 2.61 bits per heavy atom. The molecule has 2 aromatic carbocycles. The third-order valence-corrected chi connectivity index (χ3v) is 3.66. The van der Waals surface area contributed by atoms with Crippen LogP contribution in [0.4, 0.5) is 10.1 Å². The van der Waals surface area contributed by atoms with E-state index in [2.05, 4.69) is 5.32 Å². The van der Waals surface area contributed by atoms with Crippen molar-refractivity contribution in [2.24, 2.45) is 0 Å². The molecule has 1 aliphatic rings. The maximum absolute atomic E-state index is 13.9. The maximum Gasteiger partial charge on any atom is 0.262 e. The van der Waals surface area contributed by atoms with E-state index >= 15 is 0 Å². The number of benzene rings is 2. The first-order valence-electron chi connectivity index (χ1n) is 7.15. The largest absolute Gasteiger partial charge is 0.477 e. The second-order valence-electron chi connectivity index (χ2n) is 5.08. The van der Waals surface area contributed by atoms with Crippen molar-refractivity contribution >= 4 is 17.5 Å². The van der Waals surface area contributed by atoms with E-state index in [0.29, 0.717) is 11.4 Å². The predicted molar refractivity (Wildman–Crippen MR) is 83.0 cm³/mol. The molecule has 0 bridgehead atoms. The van der Waals surface area contributed by atoms with Crippen molar-refractivity contribution < 1.29 is 18.7 Å². The number of amides is 2. The van der Waals surface area contributed by atoms with Crippen LogP contribution in [-0.4, -0.2) is 31.5 Å². The van der Waals surface area contributed by atoms with Crippen molar-refractivity contribution in [1.82, 2.24) is 5.32 Å². The van der Waals surface area contributed by atoms with Gasteiger partial charge < -0.3 is 15.0 Å². The number of nitrogens with zero attached hydrogens (tertiary/aromatic N) is 1. The number of fused-ring (bicyclic) bond motifs is 1. The number of rotatable bonds is 2. The quantitative estimate of drug-likeness (QED) is 0.922. The van der Waals surface area contributed by atoms with Gasteiger partial charge in [-0.3, -0.25) is 9.59 Å². The van der Waals surface area contributed by atoms with Gasteiger partial charge in [-0.25, -0.2) is 4.39 Å². The molecule has 0 aromatic heterocycles. The molecule has 0 aliphatic carbocycles. The van der Waals surface area contributed by atoms with Gasteiger partial charge in [-0.15, -0.1) is 0 Å². The average Bonchev–Trinajstić information content (AvgIpc) is 2.60. The van der Waals surface area contributed by atoms with E-state index in [4.69, 9.17) is 4.74 Å². The van der Waals surface area contributed by atoms with Gasteiger partial charge in [-0.05, 0) is 24.3 Å². The Bertz CT molecular complexity index is 763. The van der Waals surface area contributed by atoms with Crippen molar-refractivity contribution in [2.75, 3.05) is 18.5 Å². The van der Waals surface area contributed by atoms with Crippen LogP contribution in [0.5, 0.6) is 5.75 Å². The van der Waals surface area contributed by atoms with E-state index in [0.717, 1.165) is 0 Å². The predicted octanol–water partition coefficient (Wildman–Crippen LogP) is 1.98. The topological polar surface area (TPSA) is 58.6 Å². The second kappa shape index (κ2) is 6.08.